The van der Waals surface area contributed by atoms with Crippen LogP contribution in [0.15, 0.2) is 24.3 Å². The maximum absolute atomic E-state index is 5.94. The van der Waals surface area contributed by atoms with Crippen molar-refractivity contribution in [1.29, 1.82) is 0 Å². The molecule has 3 nitrogen and oxygen atoms in total. The van der Waals surface area contributed by atoms with Gasteiger partial charge in [0.15, 0.2) is 0 Å². The summed E-state index contributed by atoms with van der Waals surface area (Å²) in [7, 11) is 2.17. The molecule has 18 heavy (non-hydrogen) atoms. The summed E-state index contributed by atoms with van der Waals surface area (Å²) in [5, 5.41) is 0. The first kappa shape index (κ1) is 13.4. The number of nitrogens with zero attached hydrogens (tertiary/aromatic N) is 1. The third-order valence-electron chi connectivity index (χ3n) is 3.55. The summed E-state index contributed by atoms with van der Waals surface area (Å²) in [5.74, 6) is 1.83. The minimum absolute atomic E-state index is 0.297. The summed E-state index contributed by atoms with van der Waals surface area (Å²) in [6.07, 6.45) is 2.75. The second kappa shape index (κ2) is 6.21. The van der Waals surface area contributed by atoms with E-state index in [4.69, 9.17) is 10.5 Å². The van der Waals surface area contributed by atoms with Gasteiger partial charge in [0, 0.05) is 19.1 Å². The van der Waals surface area contributed by atoms with E-state index in [1.165, 1.54) is 18.4 Å². The van der Waals surface area contributed by atoms with E-state index in [2.05, 4.69) is 24.1 Å². The SMILES string of the molecule is CCOc1cccc(C(CN)N(C)CC2CC2)c1. The third kappa shape index (κ3) is 3.47. The summed E-state index contributed by atoms with van der Waals surface area (Å²) in [6, 6.07) is 8.61. The van der Waals surface area contributed by atoms with E-state index in [0.29, 0.717) is 19.2 Å². The van der Waals surface area contributed by atoms with Gasteiger partial charge in [-0.2, -0.15) is 0 Å². The summed E-state index contributed by atoms with van der Waals surface area (Å²) in [6.45, 7) is 4.51. The van der Waals surface area contributed by atoms with E-state index < -0.39 is 0 Å². The third-order valence-corrected chi connectivity index (χ3v) is 3.55. The van der Waals surface area contributed by atoms with Crippen molar-refractivity contribution in [1.82, 2.24) is 4.90 Å². The molecule has 1 aliphatic rings. The fraction of sp³-hybridized carbons (Fsp3) is 0.600. The predicted octanol–water partition coefficient (Wildman–Crippen LogP) is 2.43. The Labute approximate surface area is 110 Å². The Morgan fingerprint density at radius 3 is 2.83 bits per heavy atom. The van der Waals surface area contributed by atoms with Crippen molar-refractivity contribution >= 4 is 0 Å². The van der Waals surface area contributed by atoms with Gasteiger partial charge in [0.25, 0.3) is 0 Å². The standard InChI is InChI=1S/C15H24N2O/c1-3-18-14-6-4-5-13(9-14)15(10-16)17(2)11-12-7-8-12/h4-6,9,12,15H,3,7-8,10-11,16H2,1-2H3. The number of hydrogen-bond donors (Lipinski definition) is 1. The van der Waals surface area contributed by atoms with Gasteiger partial charge in [-0.1, -0.05) is 12.1 Å². The first-order chi connectivity index (χ1) is 8.74. The molecule has 1 saturated carbocycles. The Kier molecular flexibility index (Phi) is 4.61. The van der Waals surface area contributed by atoms with Gasteiger partial charge in [-0.15, -0.1) is 0 Å². The van der Waals surface area contributed by atoms with Crippen LogP contribution < -0.4 is 10.5 Å². The van der Waals surface area contributed by atoms with E-state index in [-0.39, 0.29) is 0 Å². The van der Waals surface area contributed by atoms with Crippen LogP contribution in [-0.4, -0.2) is 31.6 Å². The normalized spacial score (nSPS) is 16.9. The number of rotatable bonds is 7. The lowest BCUT2D eigenvalue weighted by Crippen LogP contribution is -2.32. The molecule has 1 unspecified atom stereocenters. The number of benzene rings is 1. The molecule has 1 atom stereocenters. The van der Waals surface area contributed by atoms with Crippen LogP contribution in [0.1, 0.15) is 31.4 Å². The Hall–Kier alpha value is -1.06. The summed E-state index contributed by atoms with van der Waals surface area (Å²) in [5.41, 5.74) is 7.20. The maximum Gasteiger partial charge on any atom is 0.119 e. The van der Waals surface area contributed by atoms with Crippen LogP contribution in [-0.2, 0) is 0 Å². The molecule has 2 N–H and O–H groups in total. The van der Waals surface area contributed by atoms with Gasteiger partial charge in [-0.3, -0.25) is 4.90 Å². The van der Waals surface area contributed by atoms with Crippen molar-refractivity contribution in [2.24, 2.45) is 11.7 Å². The van der Waals surface area contributed by atoms with Crippen LogP contribution in [0.4, 0.5) is 0 Å². The summed E-state index contributed by atoms with van der Waals surface area (Å²) < 4.78 is 5.56. The Bertz CT molecular complexity index is 377. The summed E-state index contributed by atoms with van der Waals surface area (Å²) in [4.78, 5) is 2.38. The lowest BCUT2D eigenvalue weighted by molar-refractivity contribution is 0.239. The highest BCUT2D eigenvalue weighted by Crippen LogP contribution is 2.32. The molecule has 0 heterocycles. The topological polar surface area (TPSA) is 38.5 Å². The molecule has 1 aliphatic carbocycles. The van der Waals surface area contributed by atoms with Gasteiger partial charge in [0.05, 0.1) is 6.61 Å². The average Bonchev–Trinajstić information content (AvgIpc) is 3.15. The van der Waals surface area contributed by atoms with E-state index in [0.717, 1.165) is 18.2 Å². The van der Waals surface area contributed by atoms with Crippen LogP contribution in [0.2, 0.25) is 0 Å². The zero-order valence-electron chi connectivity index (χ0n) is 11.4. The molecule has 0 amide bonds. The Morgan fingerprint density at radius 2 is 2.22 bits per heavy atom. The largest absolute Gasteiger partial charge is 0.494 e. The van der Waals surface area contributed by atoms with Gasteiger partial charge in [0.2, 0.25) is 0 Å². The molecule has 2 rings (SSSR count). The molecule has 0 radical (unpaired) electrons. The molecule has 0 saturated heterocycles. The van der Waals surface area contributed by atoms with Crippen molar-refractivity contribution < 1.29 is 4.74 Å². The highest BCUT2D eigenvalue weighted by molar-refractivity contribution is 5.30. The molecule has 0 spiro atoms. The fourth-order valence-corrected chi connectivity index (χ4v) is 2.38. The number of hydrogen-bond acceptors (Lipinski definition) is 3. The van der Waals surface area contributed by atoms with Gasteiger partial charge in [-0.25, -0.2) is 0 Å². The van der Waals surface area contributed by atoms with Gasteiger partial charge >= 0.3 is 0 Å². The van der Waals surface area contributed by atoms with Crippen molar-refractivity contribution in [3.05, 3.63) is 29.8 Å². The molecule has 1 aromatic carbocycles. The second-order valence-corrected chi connectivity index (χ2v) is 5.14. The first-order valence-electron chi connectivity index (χ1n) is 6.87. The van der Waals surface area contributed by atoms with Crippen molar-refractivity contribution in [2.45, 2.75) is 25.8 Å². The number of nitrogens with two attached hydrogens (primary N) is 1. The molecule has 1 fully saturated rings. The van der Waals surface area contributed by atoms with Crippen molar-refractivity contribution in [3.63, 3.8) is 0 Å². The lowest BCUT2D eigenvalue weighted by Gasteiger charge is -2.27. The van der Waals surface area contributed by atoms with Crippen LogP contribution in [0.3, 0.4) is 0 Å². The van der Waals surface area contributed by atoms with E-state index >= 15 is 0 Å². The Balaban J connectivity index is 2.07. The second-order valence-electron chi connectivity index (χ2n) is 5.14. The van der Waals surface area contributed by atoms with E-state index in [1.807, 2.05) is 19.1 Å². The molecular formula is C15H24N2O. The minimum atomic E-state index is 0.297. The molecule has 100 valence electrons. The zero-order chi connectivity index (χ0) is 13.0. The highest BCUT2D eigenvalue weighted by Gasteiger charge is 2.26. The average molecular weight is 248 g/mol. The zero-order valence-corrected chi connectivity index (χ0v) is 11.4. The maximum atomic E-state index is 5.94. The van der Waals surface area contributed by atoms with Crippen molar-refractivity contribution in [2.75, 3.05) is 26.7 Å². The number of ether oxygens (including phenoxy) is 1. The van der Waals surface area contributed by atoms with Crippen LogP contribution in [0, 0.1) is 5.92 Å². The molecular weight excluding hydrogens is 224 g/mol. The van der Waals surface area contributed by atoms with Crippen LogP contribution in [0.5, 0.6) is 5.75 Å². The smallest absolute Gasteiger partial charge is 0.119 e. The summed E-state index contributed by atoms with van der Waals surface area (Å²) >= 11 is 0. The van der Waals surface area contributed by atoms with E-state index in [9.17, 15) is 0 Å². The lowest BCUT2D eigenvalue weighted by atomic mass is 10.1. The Morgan fingerprint density at radius 1 is 1.44 bits per heavy atom. The molecule has 3 heteroatoms. The van der Waals surface area contributed by atoms with Crippen LogP contribution in [0.25, 0.3) is 0 Å². The first-order valence-corrected chi connectivity index (χ1v) is 6.87. The monoisotopic (exact) mass is 248 g/mol. The van der Waals surface area contributed by atoms with Gasteiger partial charge in [0.1, 0.15) is 5.75 Å². The molecule has 0 bridgehead atoms. The van der Waals surface area contributed by atoms with Crippen LogP contribution >= 0.6 is 0 Å². The molecule has 1 aromatic rings. The van der Waals surface area contributed by atoms with Crippen molar-refractivity contribution in [3.8, 4) is 5.75 Å². The fourth-order valence-electron chi connectivity index (χ4n) is 2.38. The van der Waals surface area contributed by atoms with E-state index in [1.54, 1.807) is 0 Å². The predicted molar refractivity (Wildman–Crippen MR) is 74.8 cm³/mol. The molecule has 0 aliphatic heterocycles. The number of likely N-dealkylation sites (N-methyl/N-ethyl adjacent to an activating group) is 1. The van der Waals surface area contributed by atoms with Gasteiger partial charge < -0.3 is 10.5 Å². The minimum Gasteiger partial charge on any atom is -0.494 e. The molecule has 0 aromatic heterocycles. The quantitative estimate of drug-likeness (QED) is 0.805. The highest BCUT2D eigenvalue weighted by atomic mass is 16.5. The van der Waals surface area contributed by atoms with Gasteiger partial charge in [-0.05, 0) is 50.4 Å².